The highest BCUT2D eigenvalue weighted by Gasteiger charge is 2.21. The molecule has 0 saturated carbocycles. The van der Waals surface area contributed by atoms with Gasteiger partial charge in [0.15, 0.2) is 11.9 Å². The lowest BCUT2D eigenvalue weighted by atomic mass is 10.1. The van der Waals surface area contributed by atoms with Crippen LogP contribution in [0, 0.1) is 13.8 Å². The van der Waals surface area contributed by atoms with Gasteiger partial charge in [0.25, 0.3) is 5.91 Å². The monoisotopic (exact) mass is 824 g/mol. The molecule has 0 fully saturated rings. The van der Waals surface area contributed by atoms with E-state index in [1.165, 1.54) is 19.4 Å². The zero-order valence-corrected chi connectivity index (χ0v) is 34.2. The SMILES string of the molecule is CCn1nc(C)c(N)c1C=O.CCn1nc(C)cc1C(=O)Nc1nc2cc(C(N)=O)cnc2n1C/C=C/Cn1c(NC)nc2cc(C(N)=O)cc(OCCCC(=O)OC)c21. The summed E-state index contributed by atoms with van der Waals surface area (Å²) in [6.07, 6.45) is 6.41. The number of carbonyl (C=O) groups is 5. The Balaban J connectivity index is 0.000000538. The lowest BCUT2D eigenvalue weighted by molar-refractivity contribution is -0.140. The molecule has 6 rings (SSSR count). The predicted octanol–water partition coefficient (Wildman–Crippen LogP) is 2.99. The summed E-state index contributed by atoms with van der Waals surface area (Å²) in [4.78, 5) is 72.8. The molecule has 0 aliphatic heterocycles. The molecule has 0 radical (unpaired) electrons. The van der Waals surface area contributed by atoms with Crippen LogP contribution in [0.1, 0.15) is 79.8 Å². The molecule has 8 N–H and O–H groups in total. The van der Waals surface area contributed by atoms with Crippen LogP contribution in [0.2, 0.25) is 0 Å². The molecule has 0 saturated heterocycles. The van der Waals surface area contributed by atoms with Crippen LogP contribution in [-0.4, -0.2) is 94.4 Å². The molecule has 316 valence electrons. The Hall–Kier alpha value is -7.58. The normalized spacial score (nSPS) is 11.1. The number of nitrogens with two attached hydrogens (primary N) is 3. The summed E-state index contributed by atoms with van der Waals surface area (Å²) in [7, 11) is 3.04. The molecule has 0 unspecified atom stereocenters. The maximum Gasteiger partial charge on any atom is 0.305 e. The van der Waals surface area contributed by atoms with Gasteiger partial charge in [-0.2, -0.15) is 10.2 Å². The standard InChI is InChI=1S/C32H37N11O6.C7H11N3O/c1-5-43-23(13-18(2)40-43)30(47)39-32-38-22-15-20(28(34)46)17-36-29(22)42(32)11-7-6-10-41-26-21(37-31(41)35-3)14-19(27(33)45)16-24(26)49-12-8-9-25(44)48-4;1-3-10-6(4-11)7(8)5(2)9-10/h6-7,13-17H,5,8-12H2,1-4H3,(H2,33,45)(H2,34,46)(H,35,37)(H,38,39,47);4H,3,8H2,1-2H3/b7-6+;. The molecular formula is C39H48N14O7. The van der Waals surface area contributed by atoms with Gasteiger partial charge in [-0.3, -0.25) is 43.2 Å². The number of hydrogen-bond acceptors (Lipinski definition) is 14. The van der Waals surface area contributed by atoms with Crippen molar-refractivity contribution >= 4 is 69.8 Å². The number of esters is 1. The van der Waals surface area contributed by atoms with Crippen LogP contribution >= 0.6 is 0 Å². The van der Waals surface area contributed by atoms with E-state index >= 15 is 0 Å². The summed E-state index contributed by atoms with van der Waals surface area (Å²) < 4.78 is 17.5. The maximum atomic E-state index is 13.3. The first kappa shape index (κ1) is 43.5. The molecule has 0 aliphatic rings. The zero-order valence-electron chi connectivity index (χ0n) is 34.2. The first-order valence-corrected chi connectivity index (χ1v) is 18.9. The summed E-state index contributed by atoms with van der Waals surface area (Å²) in [6.45, 7) is 9.32. The van der Waals surface area contributed by atoms with Crippen molar-refractivity contribution in [1.29, 1.82) is 0 Å². The van der Waals surface area contributed by atoms with Gasteiger partial charge >= 0.3 is 5.97 Å². The fraction of sp³-hybridized carbons (Fsp3) is 0.333. The summed E-state index contributed by atoms with van der Waals surface area (Å²) >= 11 is 0. The number of nitrogen functional groups attached to an aromatic ring is 1. The van der Waals surface area contributed by atoms with Gasteiger partial charge in [0.05, 0.1) is 41.9 Å². The lowest BCUT2D eigenvalue weighted by Crippen LogP contribution is -2.20. The number of carbonyl (C=O) groups excluding carboxylic acids is 5. The topological polar surface area (TPSA) is 290 Å². The molecule has 5 aromatic heterocycles. The number of benzene rings is 1. The number of nitrogens with one attached hydrogen (secondary N) is 2. The number of aldehydes is 1. The molecule has 60 heavy (non-hydrogen) atoms. The van der Waals surface area contributed by atoms with E-state index in [4.69, 9.17) is 26.7 Å². The average Bonchev–Trinajstić information content (AvgIpc) is 3.98. The highest BCUT2D eigenvalue weighted by atomic mass is 16.5. The smallest absolute Gasteiger partial charge is 0.305 e. The van der Waals surface area contributed by atoms with Crippen molar-refractivity contribution in [3.8, 4) is 5.75 Å². The Bertz CT molecular complexity index is 2600. The van der Waals surface area contributed by atoms with Gasteiger partial charge in [0, 0.05) is 51.4 Å². The minimum atomic E-state index is -0.653. The first-order chi connectivity index (χ1) is 28.7. The molecule has 21 heteroatoms. The second kappa shape index (κ2) is 19.2. The number of nitrogens with zero attached hydrogens (tertiary/aromatic N) is 9. The van der Waals surface area contributed by atoms with Crippen molar-refractivity contribution in [2.75, 3.05) is 37.1 Å². The highest BCUT2D eigenvalue weighted by molar-refractivity contribution is 6.03. The molecule has 21 nitrogen and oxygen atoms in total. The zero-order chi connectivity index (χ0) is 43.7. The van der Waals surface area contributed by atoms with Crippen LogP contribution in [0.5, 0.6) is 5.75 Å². The number of amides is 3. The minimum Gasteiger partial charge on any atom is -0.491 e. The minimum absolute atomic E-state index is 0.171. The van der Waals surface area contributed by atoms with Crippen molar-refractivity contribution < 1.29 is 33.4 Å². The van der Waals surface area contributed by atoms with Gasteiger partial charge in [-0.1, -0.05) is 12.2 Å². The van der Waals surface area contributed by atoms with Crippen molar-refractivity contribution in [3.63, 3.8) is 0 Å². The third-order valence-electron chi connectivity index (χ3n) is 9.22. The number of aryl methyl sites for hydroxylation is 4. The number of anilines is 3. The van der Waals surface area contributed by atoms with Crippen LogP contribution in [0.15, 0.2) is 42.6 Å². The van der Waals surface area contributed by atoms with Gasteiger partial charge in [-0.05, 0) is 58.4 Å². The van der Waals surface area contributed by atoms with Crippen LogP contribution in [0.4, 0.5) is 17.6 Å². The van der Waals surface area contributed by atoms with E-state index in [9.17, 15) is 24.0 Å². The van der Waals surface area contributed by atoms with E-state index in [2.05, 4.69) is 35.8 Å². The third kappa shape index (κ3) is 9.57. The molecule has 0 aliphatic carbocycles. The molecule has 3 amide bonds. The number of methoxy groups -OCH3 is 1. The van der Waals surface area contributed by atoms with Crippen molar-refractivity contribution in [1.82, 2.24) is 43.6 Å². The number of hydrogen-bond donors (Lipinski definition) is 5. The van der Waals surface area contributed by atoms with Crippen LogP contribution in [0.25, 0.3) is 22.2 Å². The fourth-order valence-corrected chi connectivity index (χ4v) is 6.24. The van der Waals surface area contributed by atoms with Gasteiger partial charge in [-0.25, -0.2) is 15.0 Å². The summed E-state index contributed by atoms with van der Waals surface area (Å²) in [5, 5.41) is 14.3. The second-order valence-electron chi connectivity index (χ2n) is 13.2. The van der Waals surface area contributed by atoms with Gasteiger partial charge in [0.2, 0.25) is 23.7 Å². The molecule has 0 bridgehead atoms. The maximum absolute atomic E-state index is 13.3. The molecule has 0 atom stereocenters. The van der Waals surface area contributed by atoms with Crippen molar-refractivity contribution in [2.24, 2.45) is 11.5 Å². The Morgan fingerprint density at radius 2 is 1.53 bits per heavy atom. The molecule has 5 heterocycles. The van der Waals surface area contributed by atoms with Crippen LogP contribution < -0.4 is 32.6 Å². The Kier molecular flexibility index (Phi) is 14.0. The number of rotatable bonds is 17. The van der Waals surface area contributed by atoms with E-state index in [-0.39, 0.29) is 42.6 Å². The Morgan fingerprint density at radius 1 is 0.867 bits per heavy atom. The highest BCUT2D eigenvalue weighted by Crippen LogP contribution is 2.31. The van der Waals surface area contributed by atoms with E-state index in [0.717, 1.165) is 6.29 Å². The Labute approximate surface area is 343 Å². The van der Waals surface area contributed by atoms with Crippen LogP contribution in [-0.2, 0) is 35.7 Å². The number of ether oxygens (including phenoxy) is 2. The quantitative estimate of drug-likeness (QED) is 0.0383. The lowest BCUT2D eigenvalue weighted by Gasteiger charge is -2.12. The van der Waals surface area contributed by atoms with Gasteiger partial charge in [-0.15, -0.1) is 0 Å². The number of primary amides is 2. The molecule has 6 aromatic rings. The predicted molar refractivity (Wildman–Crippen MR) is 223 cm³/mol. The van der Waals surface area contributed by atoms with Crippen molar-refractivity contribution in [2.45, 2.75) is 66.7 Å². The van der Waals surface area contributed by atoms with E-state index < -0.39 is 17.7 Å². The molecule has 0 spiro atoms. The number of pyridine rings is 1. The number of imidazole rings is 2. The average molecular weight is 825 g/mol. The summed E-state index contributed by atoms with van der Waals surface area (Å²) in [5.74, 6) is -0.957. The fourth-order valence-electron chi connectivity index (χ4n) is 6.24. The Morgan fingerprint density at radius 3 is 2.15 bits per heavy atom. The third-order valence-corrected chi connectivity index (χ3v) is 9.22. The number of aromatic nitrogens is 9. The number of allylic oxidation sites excluding steroid dienone is 2. The summed E-state index contributed by atoms with van der Waals surface area (Å²) in [5.41, 5.74) is 21.7. The molecule has 1 aromatic carbocycles. The van der Waals surface area contributed by atoms with Crippen molar-refractivity contribution in [3.05, 3.63) is 76.5 Å². The molecular weight excluding hydrogens is 777 g/mol. The first-order valence-electron chi connectivity index (χ1n) is 18.9. The van der Waals surface area contributed by atoms with E-state index in [0.29, 0.717) is 88.4 Å². The number of fused-ring (bicyclic) bond motifs is 2. The van der Waals surface area contributed by atoms with E-state index in [1.807, 2.05) is 30.6 Å². The van der Waals surface area contributed by atoms with Gasteiger partial charge in [0.1, 0.15) is 28.2 Å². The second-order valence-corrected chi connectivity index (χ2v) is 13.2. The largest absolute Gasteiger partial charge is 0.491 e. The summed E-state index contributed by atoms with van der Waals surface area (Å²) in [6, 6.07) is 6.34. The van der Waals surface area contributed by atoms with Crippen LogP contribution in [0.3, 0.4) is 0 Å². The van der Waals surface area contributed by atoms with Gasteiger partial charge < -0.3 is 36.6 Å². The van der Waals surface area contributed by atoms with E-state index in [1.54, 1.807) is 53.0 Å².